The fourth-order valence-corrected chi connectivity index (χ4v) is 4.98. The van der Waals surface area contributed by atoms with Crippen LogP contribution in [0.1, 0.15) is 29.0 Å². The van der Waals surface area contributed by atoms with E-state index in [1.165, 1.54) is 6.07 Å². The van der Waals surface area contributed by atoms with Crippen molar-refractivity contribution in [2.75, 3.05) is 4.90 Å². The Balaban J connectivity index is 1.68. The molecule has 33 heavy (non-hydrogen) atoms. The van der Waals surface area contributed by atoms with Crippen molar-refractivity contribution in [3.05, 3.63) is 111 Å². The minimum absolute atomic E-state index is 0.0777. The smallest absolute Gasteiger partial charge is 0.174 e. The van der Waals surface area contributed by atoms with Gasteiger partial charge in [0.1, 0.15) is 11.9 Å². The van der Waals surface area contributed by atoms with Gasteiger partial charge in [-0.3, -0.25) is 4.98 Å². The summed E-state index contributed by atoms with van der Waals surface area (Å²) in [4.78, 5) is 6.72. The van der Waals surface area contributed by atoms with Crippen molar-refractivity contribution < 1.29 is 4.39 Å². The van der Waals surface area contributed by atoms with E-state index in [-0.39, 0.29) is 17.1 Å². The molecule has 0 radical (unpaired) electrons. The van der Waals surface area contributed by atoms with Gasteiger partial charge in [0, 0.05) is 33.9 Å². The van der Waals surface area contributed by atoms with Crippen LogP contribution in [0.4, 0.5) is 10.1 Å². The van der Waals surface area contributed by atoms with Crippen LogP contribution in [-0.4, -0.2) is 14.7 Å². The van der Waals surface area contributed by atoms with Gasteiger partial charge < -0.3 is 14.8 Å². The lowest BCUT2D eigenvalue weighted by atomic mass is 10.0. The summed E-state index contributed by atoms with van der Waals surface area (Å²) in [6.07, 6.45) is 3.73. The van der Waals surface area contributed by atoms with Crippen LogP contribution in [0, 0.1) is 12.7 Å². The predicted molar refractivity (Wildman–Crippen MR) is 138 cm³/mol. The largest absolute Gasteiger partial charge is 0.351 e. The molecule has 8 heteroatoms. The summed E-state index contributed by atoms with van der Waals surface area (Å²) in [5.41, 5.74) is 4.70. The summed E-state index contributed by atoms with van der Waals surface area (Å²) < 4.78 is 16.9. The predicted octanol–water partition coefficient (Wildman–Crippen LogP) is 6.91. The van der Waals surface area contributed by atoms with Crippen LogP contribution >= 0.6 is 39.7 Å². The highest BCUT2D eigenvalue weighted by Crippen LogP contribution is 2.43. The monoisotopic (exact) mass is 540 g/mol. The van der Waals surface area contributed by atoms with E-state index in [9.17, 15) is 4.39 Å². The Labute approximate surface area is 210 Å². The van der Waals surface area contributed by atoms with Gasteiger partial charge in [-0.2, -0.15) is 0 Å². The lowest BCUT2D eigenvalue weighted by Crippen LogP contribution is -2.30. The quantitative estimate of drug-likeness (QED) is 0.285. The van der Waals surface area contributed by atoms with Crippen LogP contribution in [0.15, 0.2) is 83.6 Å². The lowest BCUT2D eigenvalue weighted by molar-refractivity contribution is 0.549. The van der Waals surface area contributed by atoms with Crippen LogP contribution in [0.25, 0.3) is 5.69 Å². The Morgan fingerprint density at radius 2 is 1.88 bits per heavy atom. The maximum absolute atomic E-state index is 13.8. The Kier molecular flexibility index (Phi) is 5.95. The first-order valence-electron chi connectivity index (χ1n) is 10.3. The molecule has 0 spiro atoms. The number of halogens is 3. The van der Waals surface area contributed by atoms with Gasteiger partial charge in [-0.1, -0.05) is 33.6 Å². The molecule has 1 saturated heterocycles. The number of hydrogen-bond acceptors (Lipinski definition) is 2. The molecule has 0 aliphatic carbocycles. The van der Waals surface area contributed by atoms with Crippen molar-refractivity contribution in [3.8, 4) is 5.69 Å². The van der Waals surface area contributed by atoms with Crippen molar-refractivity contribution in [3.63, 3.8) is 0 Å². The number of aryl methyl sites for hydroxylation is 1. The van der Waals surface area contributed by atoms with Crippen LogP contribution in [0.5, 0.6) is 0 Å². The third kappa shape index (κ3) is 4.05. The molecule has 1 N–H and O–H groups in total. The molecular weight excluding hydrogens is 523 g/mol. The van der Waals surface area contributed by atoms with Gasteiger partial charge >= 0.3 is 0 Å². The summed E-state index contributed by atoms with van der Waals surface area (Å²) in [5.74, 6) is -0.448. The van der Waals surface area contributed by atoms with E-state index >= 15 is 0 Å². The fraction of sp³-hybridized carbons (Fsp3) is 0.120. The highest BCUT2D eigenvalue weighted by atomic mass is 79.9. The summed E-state index contributed by atoms with van der Waals surface area (Å²) in [7, 11) is 0. The summed E-state index contributed by atoms with van der Waals surface area (Å²) in [6.45, 7) is 2.05. The van der Waals surface area contributed by atoms with Gasteiger partial charge in [0.05, 0.1) is 16.8 Å². The van der Waals surface area contributed by atoms with Gasteiger partial charge in [0.25, 0.3) is 0 Å². The van der Waals surface area contributed by atoms with Crippen molar-refractivity contribution in [1.29, 1.82) is 0 Å². The molecule has 2 atom stereocenters. The van der Waals surface area contributed by atoms with E-state index in [4.69, 9.17) is 23.8 Å². The Bertz CT molecular complexity index is 1340. The van der Waals surface area contributed by atoms with Crippen LogP contribution < -0.4 is 10.2 Å². The van der Waals surface area contributed by atoms with Crippen LogP contribution in [0.3, 0.4) is 0 Å². The highest BCUT2D eigenvalue weighted by molar-refractivity contribution is 9.10. The van der Waals surface area contributed by atoms with Gasteiger partial charge in [-0.25, -0.2) is 4.39 Å². The van der Waals surface area contributed by atoms with Gasteiger partial charge in [-0.15, -0.1) is 0 Å². The molecule has 4 aromatic rings. The summed E-state index contributed by atoms with van der Waals surface area (Å²) >= 11 is 15.5. The molecule has 2 aromatic carbocycles. The second-order valence-electron chi connectivity index (χ2n) is 7.83. The average molecular weight is 542 g/mol. The molecule has 3 heterocycles. The third-order valence-electron chi connectivity index (χ3n) is 5.78. The number of pyridine rings is 1. The number of hydrogen-bond donors (Lipinski definition) is 1. The molecule has 0 unspecified atom stereocenters. The van der Waals surface area contributed by atoms with Gasteiger partial charge in [0.2, 0.25) is 0 Å². The van der Waals surface area contributed by atoms with E-state index in [0.29, 0.717) is 5.11 Å². The number of nitrogens with zero attached hydrogens (tertiary/aromatic N) is 3. The van der Waals surface area contributed by atoms with Gasteiger partial charge in [0.15, 0.2) is 5.11 Å². The normalized spacial score (nSPS) is 17.9. The van der Waals surface area contributed by atoms with E-state index in [1.807, 2.05) is 53.2 Å². The molecular formula is C25H19BrClFN4S. The molecule has 0 saturated carbocycles. The van der Waals surface area contributed by atoms with Crippen molar-refractivity contribution >= 4 is 50.5 Å². The number of aromatic nitrogens is 2. The molecule has 1 aliphatic rings. The van der Waals surface area contributed by atoms with Crippen LogP contribution in [-0.2, 0) is 0 Å². The molecule has 2 aromatic heterocycles. The van der Waals surface area contributed by atoms with Crippen molar-refractivity contribution in [2.45, 2.75) is 19.0 Å². The standard InChI is InChI=1S/C25H19BrClFN4S/c1-15-13-17(7-9-18(15)26)32-24(23(30-25(32)33)21-5-2-3-11-29-21)22-6-4-12-31(22)16-8-10-20(28)19(27)14-16/h2-14,23-24H,1H3,(H,30,33)/t23-,24-/m1/s1. The third-order valence-corrected chi connectivity index (χ3v) is 7.28. The zero-order valence-corrected chi connectivity index (χ0v) is 20.7. The maximum atomic E-state index is 13.8. The minimum atomic E-state index is -0.448. The number of nitrogens with one attached hydrogen (secondary N) is 1. The van der Waals surface area contributed by atoms with E-state index < -0.39 is 5.82 Å². The first-order chi connectivity index (χ1) is 15.9. The number of rotatable bonds is 4. The Hall–Kier alpha value is -2.74. The molecule has 0 bridgehead atoms. The van der Waals surface area contributed by atoms with E-state index in [1.54, 1.807) is 18.3 Å². The molecule has 5 rings (SSSR count). The minimum Gasteiger partial charge on any atom is -0.351 e. The summed E-state index contributed by atoms with van der Waals surface area (Å²) in [6, 6.07) is 20.4. The van der Waals surface area contributed by atoms with Crippen molar-refractivity contribution in [2.24, 2.45) is 0 Å². The SMILES string of the molecule is Cc1cc(N2C(=S)N[C@H](c3ccccn3)[C@H]2c2cccn2-c2ccc(F)c(Cl)c2)ccc1Br. The topological polar surface area (TPSA) is 33.1 Å². The Morgan fingerprint density at radius 1 is 1.06 bits per heavy atom. The van der Waals surface area contributed by atoms with Gasteiger partial charge in [-0.05, 0) is 85.4 Å². The molecule has 0 amide bonds. The number of anilines is 1. The fourth-order valence-electron chi connectivity index (χ4n) is 4.22. The number of benzene rings is 2. The second-order valence-corrected chi connectivity index (χ2v) is 9.48. The number of thiocarbonyl (C=S) groups is 1. The van der Waals surface area contributed by atoms with E-state index in [2.05, 4.69) is 44.1 Å². The highest BCUT2D eigenvalue weighted by Gasteiger charge is 2.42. The first kappa shape index (κ1) is 22.1. The summed E-state index contributed by atoms with van der Waals surface area (Å²) in [5, 5.41) is 4.16. The molecule has 4 nitrogen and oxygen atoms in total. The zero-order valence-electron chi connectivity index (χ0n) is 17.5. The van der Waals surface area contributed by atoms with Crippen LogP contribution in [0.2, 0.25) is 5.02 Å². The van der Waals surface area contributed by atoms with E-state index in [0.717, 1.165) is 32.8 Å². The molecule has 166 valence electrons. The molecule has 1 aliphatic heterocycles. The molecule has 1 fully saturated rings. The zero-order chi connectivity index (χ0) is 23.1. The first-order valence-corrected chi connectivity index (χ1v) is 11.9. The average Bonchev–Trinajstić information content (AvgIpc) is 3.42. The lowest BCUT2D eigenvalue weighted by Gasteiger charge is -2.29. The van der Waals surface area contributed by atoms with Crippen molar-refractivity contribution in [1.82, 2.24) is 14.9 Å². The Morgan fingerprint density at radius 3 is 2.61 bits per heavy atom. The maximum Gasteiger partial charge on any atom is 0.174 e. The second kappa shape index (κ2) is 8.89.